The van der Waals surface area contributed by atoms with Crippen molar-refractivity contribution in [2.75, 3.05) is 6.54 Å². The predicted octanol–water partition coefficient (Wildman–Crippen LogP) is 2.66. The minimum absolute atomic E-state index is 0.543. The summed E-state index contributed by atoms with van der Waals surface area (Å²) in [5.41, 5.74) is 7.55. The number of hydrogen-bond donors (Lipinski definition) is 1. The summed E-state index contributed by atoms with van der Waals surface area (Å²) in [5.74, 6) is 0. The number of rotatable bonds is 3. The summed E-state index contributed by atoms with van der Waals surface area (Å²) in [7, 11) is 0. The third-order valence-corrected chi connectivity index (χ3v) is 1.28. The highest BCUT2D eigenvalue weighted by Crippen LogP contribution is 2.02. The Hall–Kier alpha value is -0.820. The Balaban J connectivity index is 0. The van der Waals surface area contributed by atoms with Gasteiger partial charge < -0.3 is 5.73 Å². The molecule has 0 saturated heterocycles. The smallest absolute Gasteiger partial charge is 0.0180 e. The highest BCUT2D eigenvalue weighted by Gasteiger charge is 1.88. The molecule has 0 aliphatic heterocycles. The lowest BCUT2D eigenvalue weighted by Crippen LogP contribution is -2.01. The Morgan fingerprint density at radius 1 is 1.27 bits per heavy atom. The Morgan fingerprint density at radius 3 is 1.82 bits per heavy atom. The molecule has 11 heavy (non-hydrogen) atoms. The van der Waals surface area contributed by atoms with E-state index in [-0.39, 0.29) is 0 Å². The van der Waals surface area contributed by atoms with E-state index in [4.69, 9.17) is 5.73 Å². The average molecular weight is 153 g/mol. The van der Waals surface area contributed by atoms with E-state index < -0.39 is 0 Å². The van der Waals surface area contributed by atoms with E-state index in [1.54, 1.807) is 12.2 Å². The molecule has 64 valence electrons. The molecule has 0 aromatic heterocycles. The van der Waals surface area contributed by atoms with Crippen molar-refractivity contribution in [1.82, 2.24) is 0 Å². The van der Waals surface area contributed by atoms with Crippen LogP contribution in [-0.2, 0) is 0 Å². The molecule has 0 saturated carbocycles. The van der Waals surface area contributed by atoms with Gasteiger partial charge in [0.25, 0.3) is 0 Å². The summed E-state index contributed by atoms with van der Waals surface area (Å²) in [5, 5.41) is 0. The zero-order valence-corrected chi connectivity index (χ0v) is 7.85. The SMILES string of the molecule is C=C/C(C)=C(\C=C)CN.CC. The summed E-state index contributed by atoms with van der Waals surface area (Å²) < 4.78 is 0. The first kappa shape index (κ1) is 12.8. The largest absolute Gasteiger partial charge is 0.326 e. The van der Waals surface area contributed by atoms with Gasteiger partial charge in [-0.1, -0.05) is 39.2 Å². The van der Waals surface area contributed by atoms with Crippen molar-refractivity contribution in [1.29, 1.82) is 0 Å². The lowest BCUT2D eigenvalue weighted by Gasteiger charge is -1.98. The van der Waals surface area contributed by atoms with Crippen LogP contribution in [0.5, 0.6) is 0 Å². The van der Waals surface area contributed by atoms with Gasteiger partial charge in [0.2, 0.25) is 0 Å². The molecule has 0 aliphatic rings. The van der Waals surface area contributed by atoms with Crippen LogP contribution in [0.25, 0.3) is 0 Å². The van der Waals surface area contributed by atoms with Gasteiger partial charge in [-0.2, -0.15) is 0 Å². The van der Waals surface area contributed by atoms with E-state index in [1.165, 1.54) is 0 Å². The molecule has 0 aromatic carbocycles. The third-order valence-electron chi connectivity index (χ3n) is 1.28. The highest BCUT2D eigenvalue weighted by atomic mass is 14.5. The van der Waals surface area contributed by atoms with Crippen molar-refractivity contribution < 1.29 is 0 Å². The number of nitrogens with two attached hydrogens (primary N) is 1. The third kappa shape index (κ3) is 5.62. The van der Waals surface area contributed by atoms with Crippen molar-refractivity contribution in [2.24, 2.45) is 5.73 Å². The fourth-order valence-corrected chi connectivity index (χ4v) is 0.536. The Kier molecular flexibility index (Phi) is 10.7. The Bertz CT molecular complexity index is 143. The summed E-state index contributed by atoms with van der Waals surface area (Å²) in [6.07, 6.45) is 3.54. The zero-order valence-electron chi connectivity index (χ0n) is 7.85. The monoisotopic (exact) mass is 153 g/mol. The second kappa shape index (κ2) is 9.18. The predicted molar refractivity (Wildman–Crippen MR) is 53.5 cm³/mol. The zero-order chi connectivity index (χ0) is 9.28. The van der Waals surface area contributed by atoms with Gasteiger partial charge >= 0.3 is 0 Å². The summed E-state index contributed by atoms with van der Waals surface area (Å²) in [6, 6.07) is 0. The molecule has 0 heterocycles. The van der Waals surface area contributed by atoms with Crippen molar-refractivity contribution in [2.45, 2.75) is 20.8 Å². The molecule has 0 fully saturated rings. The Morgan fingerprint density at radius 2 is 1.73 bits per heavy atom. The van der Waals surface area contributed by atoms with Gasteiger partial charge in [-0.25, -0.2) is 0 Å². The summed E-state index contributed by atoms with van der Waals surface area (Å²) in [6.45, 7) is 13.7. The van der Waals surface area contributed by atoms with E-state index in [0.29, 0.717) is 6.54 Å². The summed E-state index contributed by atoms with van der Waals surface area (Å²) in [4.78, 5) is 0. The van der Waals surface area contributed by atoms with E-state index in [9.17, 15) is 0 Å². The van der Waals surface area contributed by atoms with Crippen molar-refractivity contribution >= 4 is 0 Å². The minimum atomic E-state index is 0.543. The molecule has 0 radical (unpaired) electrons. The van der Waals surface area contributed by atoms with Gasteiger partial charge in [0.05, 0.1) is 0 Å². The lowest BCUT2D eigenvalue weighted by atomic mass is 10.1. The van der Waals surface area contributed by atoms with Crippen LogP contribution in [0.1, 0.15) is 20.8 Å². The first-order valence-corrected chi connectivity index (χ1v) is 3.91. The van der Waals surface area contributed by atoms with Crippen LogP contribution >= 0.6 is 0 Å². The first-order chi connectivity index (χ1) is 5.26. The molecule has 0 bridgehead atoms. The molecule has 0 amide bonds. The minimum Gasteiger partial charge on any atom is -0.326 e. The van der Waals surface area contributed by atoms with E-state index in [1.807, 2.05) is 20.8 Å². The van der Waals surface area contributed by atoms with Crippen LogP contribution in [0.4, 0.5) is 0 Å². The first-order valence-electron chi connectivity index (χ1n) is 3.91. The fourth-order valence-electron chi connectivity index (χ4n) is 0.536. The molecular formula is C10H19N. The highest BCUT2D eigenvalue weighted by molar-refractivity contribution is 5.30. The molecule has 2 N–H and O–H groups in total. The quantitative estimate of drug-likeness (QED) is 0.620. The fraction of sp³-hybridized carbons (Fsp3) is 0.400. The Labute approximate surface area is 70.3 Å². The maximum Gasteiger partial charge on any atom is 0.0180 e. The summed E-state index contributed by atoms with van der Waals surface area (Å²) >= 11 is 0. The second-order valence-electron chi connectivity index (χ2n) is 1.82. The van der Waals surface area contributed by atoms with Crippen LogP contribution in [0, 0.1) is 0 Å². The molecular weight excluding hydrogens is 134 g/mol. The van der Waals surface area contributed by atoms with Crippen molar-refractivity contribution in [3.05, 3.63) is 36.5 Å². The van der Waals surface area contributed by atoms with Crippen molar-refractivity contribution in [3.8, 4) is 0 Å². The molecule has 0 aliphatic carbocycles. The maximum atomic E-state index is 5.38. The van der Waals surface area contributed by atoms with Gasteiger partial charge in [0.15, 0.2) is 0 Å². The topological polar surface area (TPSA) is 26.0 Å². The maximum absolute atomic E-state index is 5.38. The molecule has 0 unspecified atom stereocenters. The second-order valence-corrected chi connectivity index (χ2v) is 1.82. The van der Waals surface area contributed by atoms with E-state index >= 15 is 0 Å². The van der Waals surface area contributed by atoms with Crippen LogP contribution in [0.15, 0.2) is 36.5 Å². The van der Waals surface area contributed by atoms with Crippen LogP contribution in [0.3, 0.4) is 0 Å². The molecule has 0 atom stereocenters. The number of hydrogen-bond acceptors (Lipinski definition) is 1. The molecule has 0 aromatic rings. The van der Waals surface area contributed by atoms with Gasteiger partial charge in [-0.15, -0.1) is 0 Å². The van der Waals surface area contributed by atoms with Gasteiger partial charge in [-0.05, 0) is 18.1 Å². The van der Waals surface area contributed by atoms with E-state index in [2.05, 4.69) is 13.2 Å². The number of allylic oxidation sites excluding steroid dienone is 2. The van der Waals surface area contributed by atoms with E-state index in [0.717, 1.165) is 11.1 Å². The molecule has 1 nitrogen and oxygen atoms in total. The lowest BCUT2D eigenvalue weighted by molar-refractivity contribution is 1.16. The average Bonchev–Trinajstić information content (AvgIpc) is 2.10. The molecule has 0 spiro atoms. The van der Waals surface area contributed by atoms with Gasteiger partial charge in [-0.3, -0.25) is 0 Å². The molecule has 1 heteroatoms. The van der Waals surface area contributed by atoms with Gasteiger partial charge in [0.1, 0.15) is 0 Å². The van der Waals surface area contributed by atoms with Crippen LogP contribution in [-0.4, -0.2) is 6.54 Å². The standard InChI is InChI=1S/C8H13N.C2H6/c1-4-7(3)8(5-2)6-9;1-2/h4-5H,1-2,6,9H2,3H3;1-2H3/b8-7+;. The molecule has 0 rings (SSSR count). The normalized spacial score (nSPS) is 10.5. The van der Waals surface area contributed by atoms with Gasteiger partial charge in [0, 0.05) is 6.54 Å². The van der Waals surface area contributed by atoms with Crippen LogP contribution in [0.2, 0.25) is 0 Å². The van der Waals surface area contributed by atoms with Crippen LogP contribution < -0.4 is 5.73 Å². The van der Waals surface area contributed by atoms with Crippen molar-refractivity contribution in [3.63, 3.8) is 0 Å².